The van der Waals surface area contributed by atoms with Crippen LogP contribution in [0.4, 0.5) is 8.78 Å². The van der Waals surface area contributed by atoms with Gasteiger partial charge in [-0.1, -0.05) is 46.3 Å². The van der Waals surface area contributed by atoms with E-state index in [-0.39, 0.29) is 5.56 Å². The number of hydrogen-bond donors (Lipinski definition) is 0. The predicted octanol–water partition coefficient (Wildman–Crippen LogP) is 4.38. The first kappa shape index (κ1) is 10.9. The van der Waals surface area contributed by atoms with Crippen molar-refractivity contribution in [3.05, 3.63) is 45.0 Å². The highest BCUT2D eigenvalue weighted by atomic mass is 127. The van der Waals surface area contributed by atoms with Crippen molar-refractivity contribution in [1.29, 1.82) is 0 Å². The van der Waals surface area contributed by atoms with Crippen molar-refractivity contribution < 1.29 is 8.78 Å². The Bertz CT molecular complexity index is 306. The van der Waals surface area contributed by atoms with Crippen molar-refractivity contribution in [2.24, 2.45) is 0 Å². The van der Waals surface area contributed by atoms with Crippen LogP contribution in [0.3, 0.4) is 0 Å². The zero-order valence-electron chi connectivity index (χ0n) is 6.48. The molecule has 4 heteroatoms. The van der Waals surface area contributed by atoms with Crippen molar-refractivity contribution in [3.63, 3.8) is 0 Å². The molecular formula is C9H6ClF2I. The summed E-state index contributed by atoms with van der Waals surface area (Å²) in [4.78, 5) is 0. The second-order valence-electron chi connectivity index (χ2n) is 2.42. The van der Waals surface area contributed by atoms with Gasteiger partial charge in [0.15, 0.2) is 0 Å². The van der Waals surface area contributed by atoms with Gasteiger partial charge < -0.3 is 0 Å². The Morgan fingerprint density at radius 1 is 1.23 bits per heavy atom. The highest BCUT2D eigenvalue weighted by Gasteiger charge is 2.27. The van der Waals surface area contributed by atoms with E-state index in [1.54, 1.807) is 22.6 Å². The molecule has 0 saturated heterocycles. The van der Waals surface area contributed by atoms with Crippen LogP contribution in [0, 0.1) is 0 Å². The maximum atomic E-state index is 13.2. The Morgan fingerprint density at radius 2 is 1.77 bits per heavy atom. The monoisotopic (exact) mass is 314 g/mol. The molecule has 0 radical (unpaired) electrons. The van der Waals surface area contributed by atoms with Crippen molar-refractivity contribution in [3.8, 4) is 0 Å². The normalized spacial score (nSPS) is 12.3. The van der Waals surface area contributed by atoms with Crippen LogP contribution in [0.5, 0.6) is 0 Å². The molecule has 0 saturated carbocycles. The summed E-state index contributed by atoms with van der Waals surface area (Å²) >= 11 is 7.33. The van der Waals surface area contributed by atoms with E-state index in [1.807, 2.05) is 0 Å². The van der Waals surface area contributed by atoms with Crippen LogP contribution in [0.1, 0.15) is 5.56 Å². The fraction of sp³-hybridized carbons (Fsp3) is 0.111. The Morgan fingerprint density at radius 3 is 2.23 bits per heavy atom. The molecule has 0 heterocycles. The molecule has 0 fully saturated rings. The smallest absolute Gasteiger partial charge is 0.196 e. The first-order valence-corrected chi connectivity index (χ1v) is 5.10. The number of hydrogen-bond acceptors (Lipinski definition) is 0. The molecule has 0 aliphatic heterocycles. The first-order chi connectivity index (χ1) is 6.06. The van der Waals surface area contributed by atoms with Gasteiger partial charge in [-0.05, 0) is 22.3 Å². The largest absolute Gasteiger partial charge is 0.292 e. The number of rotatable bonds is 2. The molecule has 0 aliphatic carbocycles. The lowest BCUT2D eigenvalue weighted by molar-refractivity contribution is 0.0525. The van der Waals surface area contributed by atoms with Gasteiger partial charge in [-0.25, -0.2) is 0 Å². The van der Waals surface area contributed by atoms with E-state index in [0.29, 0.717) is 5.02 Å². The molecule has 0 atom stereocenters. The van der Waals surface area contributed by atoms with E-state index in [1.165, 1.54) is 28.3 Å². The predicted molar refractivity (Wildman–Crippen MR) is 58.5 cm³/mol. The maximum absolute atomic E-state index is 13.2. The quantitative estimate of drug-likeness (QED) is 0.711. The van der Waals surface area contributed by atoms with Gasteiger partial charge in [0.25, 0.3) is 5.92 Å². The zero-order chi connectivity index (χ0) is 9.90. The second-order valence-corrected chi connectivity index (χ2v) is 3.58. The minimum absolute atomic E-state index is 0.0511. The van der Waals surface area contributed by atoms with Gasteiger partial charge in [0.05, 0.1) is 0 Å². The van der Waals surface area contributed by atoms with Crippen LogP contribution in [0.2, 0.25) is 5.02 Å². The molecule has 0 aliphatic rings. The van der Waals surface area contributed by atoms with E-state index >= 15 is 0 Å². The molecular weight excluding hydrogens is 308 g/mol. The zero-order valence-corrected chi connectivity index (χ0v) is 9.39. The minimum atomic E-state index is -2.91. The molecule has 0 N–H and O–H groups in total. The molecule has 0 unspecified atom stereocenters. The summed E-state index contributed by atoms with van der Waals surface area (Å²) in [6, 6.07) is 5.54. The summed E-state index contributed by atoms with van der Waals surface area (Å²) in [7, 11) is 0. The highest BCUT2D eigenvalue weighted by molar-refractivity contribution is 14.1. The average molecular weight is 314 g/mol. The Kier molecular flexibility index (Phi) is 3.67. The lowest BCUT2D eigenvalue weighted by Gasteiger charge is -2.11. The van der Waals surface area contributed by atoms with Gasteiger partial charge in [-0.15, -0.1) is 0 Å². The maximum Gasteiger partial charge on any atom is 0.292 e. The SMILES string of the molecule is FC(F)(/C=C\I)c1ccc(Cl)cc1. The van der Waals surface area contributed by atoms with Gasteiger partial charge in [-0.2, -0.15) is 8.78 Å². The molecule has 0 spiro atoms. The van der Waals surface area contributed by atoms with E-state index in [4.69, 9.17) is 11.6 Å². The van der Waals surface area contributed by atoms with Crippen molar-refractivity contribution >= 4 is 34.2 Å². The number of benzene rings is 1. The number of allylic oxidation sites excluding steroid dienone is 1. The van der Waals surface area contributed by atoms with Crippen molar-refractivity contribution in [2.45, 2.75) is 5.92 Å². The van der Waals surface area contributed by atoms with Gasteiger partial charge in [0.2, 0.25) is 0 Å². The standard InChI is InChI=1S/C9H6ClF2I/c10-8-3-1-7(2-4-8)9(11,12)5-6-13/h1-6H/b6-5-. The highest BCUT2D eigenvalue weighted by Crippen LogP contribution is 2.30. The third-order valence-corrected chi connectivity index (χ3v) is 2.11. The summed E-state index contributed by atoms with van der Waals surface area (Å²) in [5.41, 5.74) is -0.0511. The molecule has 1 aromatic rings. The van der Waals surface area contributed by atoms with Crippen LogP contribution in [-0.2, 0) is 5.92 Å². The van der Waals surface area contributed by atoms with Crippen LogP contribution < -0.4 is 0 Å². The number of halogens is 4. The van der Waals surface area contributed by atoms with E-state index < -0.39 is 5.92 Å². The second kappa shape index (κ2) is 4.37. The summed E-state index contributed by atoms with van der Waals surface area (Å²) < 4.78 is 27.6. The average Bonchev–Trinajstić information content (AvgIpc) is 2.05. The fourth-order valence-corrected chi connectivity index (χ4v) is 1.43. The molecule has 0 bridgehead atoms. The van der Waals surface area contributed by atoms with Gasteiger partial charge in [-0.3, -0.25) is 0 Å². The minimum Gasteiger partial charge on any atom is -0.196 e. The van der Waals surface area contributed by atoms with Gasteiger partial charge in [0.1, 0.15) is 0 Å². The van der Waals surface area contributed by atoms with Crippen LogP contribution in [0.15, 0.2) is 34.4 Å². The first-order valence-electron chi connectivity index (χ1n) is 3.48. The van der Waals surface area contributed by atoms with Gasteiger partial charge in [0, 0.05) is 10.6 Å². The Hall–Kier alpha value is -0.160. The molecule has 1 aromatic carbocycles. The van der Waals surface area contributed by atoms with Crippen LogP contribution >= 0.6 is 34.2 Å². The lowest BCUT2D eigenvalue weighted by Crippen LogP contribution is -2.08. The molecule has 13 heavy (non-hydrogen) atoms. The third kappa shape index (κ3) is 2.91. The molecule has 0 amide bonds. The Labute approximate surface area is 93.7 Å². The van der Waals surface area contributed by atoms with Crippen LogP contribution in [-0.4, -0.2) is 0 Å². The third-order valence-electron chi connectivity index (χ3n) is 1.50. The van der Waals surface area contributed by atoms with Crippen molar-refractivity contribution in [2.75, 3.05) is 0 Å². The van der Waals surface area contributed by atoms with E-state index in [9.17, 15) is 8.78 Å². The van der Waals surface area contributed by atoms with E-state index in [2.05, 4.69) is 0 Å². The van der Waals surface area contributed by atoms with Crippen LogP contribution in [0.25, 0.3) is 0 Å². The summed E-state index contributed by atoms with van der Waals surface area (Å²) in [5.74, 6) is -2.91. The lowest BCUT2D eigenvalue weighted by atomic mass is 10.1. The molecule has 0 aromatic heterocycles. The van der Waals surface area contributed by atoms with Gasteiger partial charge >= 0.3 is 0 Å². The molecule has 70 valence electrons. The molecule has 1 rings (SSSR count). The summed E-state index contributed by atoms with van der Waals surface area (Å²) in [6.45, 7) is 0. The van der Waals surface area contributed by atoms with E-state index in [0.717, 1.165) is 6.08 Å². The fourth-order valence-electron chi connectivity index (χ4n) is 0.847. The molecule has 0 nitrogen and oxygen atoms in total. The number of alkyl halides is 2. The van der Waals surface area contributed by atoms with Crippen molar-refractivity contribution in [1.82, 2.24) is 0 Å². The summed E-state index contributed by atoms with van der Waals surface area (Å²) in [5, 5.41) is 0.456. The Balaban J connectivity index is 3.00. The topological polar surface area (TPSA) is 0 Å². The summed E-state index contributed by atoms with van der Waals surface area (Å²) in [6.07, 6.45) is 0.844.